The maximum Gasteiger partial charge on any atom is 0.124 e. The number of ether oxygens (including phenoxy) is 1. The molecule has 1 saturated heterocycles. The van der Waals surface area contributed by atoms with Gasteiger partial charge < -0.3 is 25.0 Å². The van der Waals surface area contributed by atoms with Gasteiger partial charge in [0.1, 0.15) is 12.0 Å². The van der Waals surface area contributed by atoms with E-state index in [0.717, 1.165) is 75.5 Å². The van der Waals surface area contributed by atoms with Crippen molar-refractivity contribution >= 4 is 34.6 Å². The molecule has 0 bridgehead atoms. The molecule has 7 heteroatoms. The minimum atomic E-state index is -0.461. The van der Waals surface area contributed by atoms with E-state index >= 15 is 0 Å². The Kier molecular flexibility index (Phi) is 7.26. The van der Waals surface area contributed by atoms with Crippen LogP contribution in [-0.2, 0) is 6.42 Å². The Morgan fingerprint density at radius 2 is 2.00 bits per heavy atom. The number of halogens is 2. The van der Waals surface area contributed by atoms with Crippen LogP contribution >= 0.6 is 23.2 Å². The van der Waals surface area contributed by atoms with Crippen LogP contribution in [0.5, 0.6) is 5.75 Å². The fourth-order valence-corrected chi connectivity index (χ4v) is 4.61. The summed E-state index contributed by atoms with van der Waals surface area (Å²) in [5.74, 6) is 0.855. The molecule has 1 unspecified atom stereocenters. The van der Waals surface area contributed by atoms with Gasteiger partial charge in [0.2, 0.25) is 0 Å². The van der Waals surface area contributed by atoms with E-state index in [1.807, 2.05) is 30.3 Å². The number of hydrogen-bond acceptors (Lipinski definition) is 5. The normalized spacial score (nSPS) is 19.7. The number of anilines is 2. The molecule has 2 aromatic carbocycles. The Hall–Kier alpha value is -1.66. The average molecular weight is 450 g/mol. The zero-order valence-electron chi connectivity index (χ0n) is 17.1. The van der Waals surface area contributed by atoms with Gasteiger partial charge in [-0.15, -0.1) is 0 Å². The van der Waals surface area contributed by atoms with Crippen LogP contribution < -0.4 is 15.0 Å². The van der Waals surface area contributed by atoms with Crippen LogP contribution in [0.3, 0.4) is 0 Å². The molecule has 1 fully saturated rings. The highest BCUT2D eigenvalue weighted by molar-refractivity contribution is 6.43. The van der Waals surface area contributed by atoms with Crippen molar-refractivity contribution in [1.82, 2.24) is 4.90 Å². The van der Waals surface area contributed by atoms with Gasteiger partial charge in [-0.3, -0.25) is 0 Å². The summed E-state index contributed by atoms with van der Waals surface area (Å²) in [6, 6.07) is 11.9. The number of fused-ring (bicyclic) bond motifs is 1. The third kappa shape index (κ3) is 5.33. The van der Waals surface area contributed by atoms with Crippen molar-refractivity contribution in [2.24, 2.45) is 0 Å². The summed E-state index contributed by atoms with van der Waals surface area (Å²) in [5.41, 5.74) is 3.25. The summed E-state index contributed by atoms with van der Waals surface area (Å²) in [7, 11) is 0. The zero-order chi connectivity index (χ0) is 20.9. The molecule has 0 aromatic heterocycles. The lowest BCUT2D eigenvalue weighted by molar-refractivity contribution is 0.189. The first kappa shape index (κ1) is 21.6. The average Bonchev–Trinajstić information content (AvgIpc) is 2.98. The van der Waals surface area contributed by atoms with Crippen molar-refractivity contribution < 1.29 is 9.84 Å². The molecule has 0 saturated carbocycles. The highest BCUT2D eigenvalue weighted by Crippen LogP contribution is 2.33. The van der Waals surface area contributed by atoms with Gasteiger partial charge in [0.05, 0.1) is 22.3 Å². The van der Waals surface area contributed by atoms with E-state index in [9.17, 15) is 5.11 Å². The molecule has 0 spiro atoms. The van der Waals surface area contributed by atoms with Gasteiger partial charge in [0.15, 0.2) is 0 Å². The Bertz CT molecular complexity index is 864. The van der Waals surface area contributed by atoms with Crippen molar-refractivity contribution in [3.05, 3.63) is 52.0 Å². The molecule has 2 heterocycles. The Morgan fingerprint density at radius 1 is 1.10 bits per heavy atom. The number of nitrogens with zero attached hydrogens (tertiary/aromatic N) is 2. The molecular weight excluding hydrogens is 421 g/mol. The maximum atomic E-state index is 9.77. The van der Waals surface area contributed by atoms with Gasteiger partial charge in [0, 0.05) is 37.9 Å². The fourth-order valence-electron chi connectivity index (χ4n) is 4.19. The van der Waals surface area contributed by atoms with Gasteiger partial charge in [-0.2, -0.15) is 0 Å². The summed E-state index contributed by atoms with van der Waals surface area (Å²) in [6.45, 7) is 5.71. The lowest BCUT2D eigenvalue weighted by Crippen LogP contribution is -2.32. The number of nitrogens with one attached hydrogen (secondary N) is 1. The number of hydrogen-bond donors (Lipinski definition) is 2. The largest absolute Gasteiger partial charge is 0.493 e. The van der Waals surface area contributed by atoms with Crippen molar-refractivity contribution in [1.29, 1.82) is 0 Å². The second-order valence-corrected chi connectivity index (χ2v) is 8.76. The highest BCUT2D eigenvalue weighted by Gasteiger charge is 2.18. The summed E-state index contributed by atoms with van der Waals surface area (Å²) in [5, 5.41) is 14.1. The lowest BCUT2D eigenvalue weighted by atomic mass is 10.0. The molecule has 2 aliphatic heterocycles. The van der Waals surface area contributed by atoms with Gasteiger partial charge in [-0.1, -0.05) is 35.3 Å². The minimum Gasteiger partial charge on any atom is -0.493 e. The number of aryl methyl sites for hydroxylation is 1. The summed E-state index contributed by atoms with van der Waals surface area (Å²) in [6.07, 6.45) is 3.27. The van der Waals surface area contributed by atoms with Crippen molar-refractivity contribution in [3.63, 3.8) is 0 Å². The van der Waals surface area contributed by atoms with E-state index in [4.69, 9.17) is 27.9 Å². The first-order chi connectivity index (χ1) is 14.6. The van der Waals surface area contributed by atoms with Gasteiger partial charge in [-0.25, -0.2) is 0 Å². The van der Waals surface area contributed by atoms with E-state index in [2.05, 4.69) is 21.2 Å². The molecular formula is C23H29Cl2N3O2. The third-order valence-corrected chi connectivity index (χ3v) is 6.65. The van der Waals surface area contributed by atoms with Crippen molar-refractivity contribution in [3.8, 4) is 5.75 Å². The predicted octanol–water partition coefficient (Wildman–Crippen LogP) is 4.65. The molecule has 2 aromatic rings. The predicted molar refractivity (Wildman–Crippen MR) is 124 cm³/mol. The topological polar surface area (TPSA) is 48.0 Å². The molecule has 0 amide bonds. The van der Waals surface area contributed by atoms with Crippen molar-refractivity contribution in [2.75, 3.05) is 49.5 Å². The van der Waals surface area contributed by atoms with Crippen molar-refractivity contribution in [2.45, 2.75) is 31.9 Å². The summed E-state index contributed by atoms with van der Waals surface area (Å²) >= 11 is 12.6. The molecule has 0 aliphatic carbocycles. The monoisotopic (exact) mass is 449 g/mol. The second kappa shape index (κ2) is 10.1. The molecule has 0 radical (unpaired) electrons. The third-order valence-electron chi connectivity index (χ3n) is 5.84. The fraction of sp³-hybridized carbons (Fsp3) is 0.478. The number of rotatable bonds is 6. The van der Waals surface area contributed by atoms with Crippen LogP contribution in [0.2, 0.25) is 10.0 Å². The number of aliphatic hydroxyl groups excluding tert-OH is 1. The van der Waals surface area contributed by atoms with E-state index in [0.29, 0.717) is 16.7 Å². The van der Waals surface area contributed by atoms with Gasteiger partial charge in [0.25, 0.3) is 0 Å². The van der Waals surface area contributed by atoms with E-state index in [1.165, 1.54) is 5.56 Å². The Labute approximate surface area is 188 Å². The lowest BCUT2D eigenvalue weighted by Gasteiger charge is -2.25. The first-order valence-corrected chi connectivity index (χ1v) is 11.5. The standard InChI is InChI=1S/C23H29Cl2N3O2/c24-19-4-1-5-21(23(19)25)28-12-2-10-27(13-14-28)11-3-15-30-18-8-6-17-7-9-22(29)26-20(17)16-18/h1,4-6,8,16,22,26,29H,2-3,7,9-15H2. The van der Waals surface area contributed by atoms with Crippen LogP contribution in [0.4, 0.5) is 11.4 Å². The molecule has 2 N–H and O–H groups in total. The summed E-state index contributed by atoms with van der Waals surface area (Å²) in [4.78, 5) is 4.83. The molecule has 30 heavy (non-hydrogen) atoms. The van der Waals surface area contributed by atoms with E-state index < -0.39 is 6.23 Å². The Morgan fingerprint density at radius 3 is 2.90 bits per heavy atom. The van der Waals surface area contributed by atoms with Crippen LogP contribution in [0.25, 0.3) is 0 Å². The zero-order valence-corrected chi connectivity index (χ0v) is 18.6. The summed E-state index contributed by atoms with van der Waals surface area (Å²) < 4.78 is 5.96. The Balaban J connectivity index is 1.22. The number of benzene rings is 2. The van der Waals surface area contributed by atoms with Crippen LogP contribution in [0.15, 0.2) is 36.4 Å². The van der Waals surface area contributed by atoms with E-state index in [-0.39, 0.29) is 0 Å². The van der Waals surface area contributed by atoms with Gasteiger partial charge in [-0.05, 0) is 56.0 Å². The van der Waals surface area contributed by atoms with Gasteiger partial charge >= 0.3 is 0 Å². The maximum absolute atomic E-state index is 9.77. The quantitative estimate of drug-likeness (QED) is 0.628. The van der Waals surface area contributed by atoms with Crippen LogP contribution in [0.1, 0.15) is 24.8 Å². The molecule has 1 atom stereocenters. The smallest absolute Gasteiger partial charge is 0.124 e. The SMILES string of the molecule is OC1CCc2ccc(OCCCN3CCCN(c4cccc(Cl)c4Cl)CC3)cc2N1. The second-order valence-electron chi connectivity index (χ2n) is 7.97. The van der Waals surface area contributed by atoms with Crippen LogP contribution in [0, 0.1) is 0 Å². The first-order valence-electron chi connectivity index (χ1n) is 10.7. The highest BCUT2D eigenvalue weighted by atomic mass is 35.5. The number of aliphatic hydroxyl groups is 1. The van der Waals surface area contributed by atoms with Crippen LogP contribution in [-0.4, -0.2) is 55.6 Å². The molecule has 2 aliphatic rings. The molecule has 4 rings (SSSR count). The minimum absolute atomic E-state index is 0.461. The van der Waals surface area contributed by atoms with E-state index in [1.54, 1.807) is 0 Å². The molecule has 162 valence electrons. The molecule has 5 nitrogen and oxygen atoms in total.